The van der Waals surface area contributed by atoms with E-state index in [-0.39, 0.29) is 11.8 Å². The molecule has 0 spiro atoms. The van der Waals surface area contributed by atoms with Gasteiger partial charge < -0.3 is 4.90 Å². The molecule has 3 aromatic rings. The van der Waals surface area contributed by atoms with Crippen molar-refractivity contribution in [2.24, 2.45) is 0 Å². The van der Waals surface area contributed by atoms with Gasteiger partial charge in [0.15, 0.2) is 0 Å². The molecule has 0 amide bonds. The third kappa shape index (κ3) is 2.79. The summed E-state index contributed by atoms with van der Waals surface area (Å²) in [6.45, 7) is 2.44. The van der Waals surface area contributed by atoms with Gasteiger partial charge in [0.1, 0.15) is 5.82 Å². The summed E-state index contributed by atoms with van der Waals surface area (Å²) in [6.07, 6.45) is -1.09. The molecule has 4 heterocycles. The van der Waals surface area contributed by atoms with Crippen molar-refractivity contribution in [2.45, 2.75) is 32.0 Å². The molecule has 0 N–H and O–H groups in total. The van der Waals surface area contributed by atoms with Gasteiger partial charge in [-0.2, -0.15) is 22.7 Å². The highest BCUT2D eigenvalue weighted by atomic mass is 19.4. The normalized spacial score (nSPS) is 18.2. The van der Waals surface area contributed by atoms with Crippen molar-refractivity contribution in [1.82, 2.24) is 24.6 Å². The Labute approximate surface area is 141 Å². The molecule has 6 nitrogen and oxygen atoms in total. The maximum absolute atomic E-state index is 13.0. The van der Waals surface area contributed by atoms with Crippen molar-refractivity contribution >= 4 is 11.6 Å². The van der Waals surface area contributed by atoms with Crippen LogP contribution >= 0.6 is 0 Å². The minimum absolute atomic E-state index is 0.00950. The number of rotatable bonds is 2. The van der Waals surface area contributed by atoms with Gasteiger partial charge in [-0.25, -0.2) is 4.98 Å². The van der Waals surface area contributed by atoms with Crippen molar-refractivity contribution < 1.29 is 13.2 Å². The SMILES string of the molecule is Cc1cc(N2CCCC2c2ccccn2)n2nc(C(F)(F)F)nc2n1. The minimum Gasteiger partial charge on any atom is -0.348 e. The summed E-state index contributed by atoms with van der Waals surface area (Å²) < 4.78 is 40.1. The van der Waals surface area contributed by atoms with E-state index in [2.05, 4.69) is 20.1 Å². The monoisotopic (exact) mass is 348 g/mol. The van der Waals surface area contributed by atoms with E-state index in [1.54, 1.807) is 19.2 Å². The molecule has 1 fully saturated rings. The largest absolute Gasteiger partial charge is 0.453 e. The standard InChI is InChI=1S/C16H15F3N6/c1-10-9-13(25-15(21-10)22-14(23-25)16(17,18)19)24-8-4-6-12(24)11-5-2-3-7-20-11/h2-3,5,7,9,12H,4,6,8H2,1H3. The highest BCUT2D eigenvalue weighted by Gasteiger charge is 2.37. The first-order valence-electron chi connectivity index (χ1n) is 7.92. The van der Waals surface area contributed by atoms with E-state index >= 15 is 0 Å². The molecule has 1 aliphatic rings. The molecule has 0 radical (unpaired) electrons. The van der Waals surface area contributed by atoms with Crippen LogP contribution in [0.15, 0.2) is 30.5 Å². The number of hydrogen-bond donors (Lipinski definition) is 0. The first kappa shape index (κ1) is 15.8. The Morgan fingerprint density at radius 3 is 2.76 bits per heavy atom. The van der Waals surface area contributed by atoms with Crippen LogP contribution in [0.2, 0.25) is 0 Å². The number of aromatic nitrogens is 5. The fourth-order valence-corrected chi connectivity index (χ4v) is 3.21. The molecule has 1 saturated heterocycles. The molecule has 0 saturated carbocycles. The number of pyridine rings is 1. The van der Waals surface area contributed by atoms with E-state index in [9.17, 15) is 13.2 Å². The molecule has 1 unspecified atom stereocenters. The Morgan fingerprint density at radius 2 is 2.04 bits per heavy atom. The van der Waals surface area contributed by atoms with E-state index in [1.807, 2.05) is 23.1 Å². The molecule has 130 valence electrons. The molecule has 0 bridgehead atoms. The van der Waals surface area contributed by atoms with Gasteiger partial charge in [-0.1, -0.05) is 6.07 Å². The molecule has 25 heavy (non-hydrogen) atoms. The van der Waals surface area contributed by atoms with Gasteiger partial charge in [0, 0.05) is 24.5 Å². The van der Waals surface area contributed by atoms with Crippen LogP contribution in [0, 0.1) is 6.92 Å². The molecule has 0 aliphatic carbocycles. The molecule has 9 heteroatoms. The number of aryl methyl sites for hydroxylation is 1. The van der Waals surface area contributed by atoms with Gasteiger partial charge >= 0.3 is 6.18 Å². The van der Waals surface area contributed by atoms with Crippen molar-refractivity contribution in [3.63, 3.8) is 0 Å². The Balaban J connectivity index is 1.84. The summed E-state index contributed by atoms with van der Waals surface area (Å²) in [5, 5.41) is 3.65. The van der Waals surface area contributed by atoms with Crippen molar-refractivity contribution in [3.05, 3.63) is 47.7 Å². The van der Waals surface area contributed by atoms with Gasteiger partial charge in [0.05, 0.1) is 11.7 Å². The van der Waals surface area contributed by atoms with Crippen molar-refractivity contribution in [3.8, 4) is 0 Å². The summed E-state index contributed by atoms with van der Waals surface area (Å²) >= 11 is 0. The summed E-state index contributed by atoms with van der Waals surface area (Å²) in [5.74, 6) is -0.673. The Morgan fingerprint density at radius 1 is 1.20 bits per heavy atom. The highest BCUT2D eigenvalue weighted by Crippen LogP contribution is 2.36. The lowest BCUT2D eigenvalue weighted by atomic mass is 10.1. The molecule has 1 aliphatic heterocycles. The van der Waals surface area contributed by atoms with Gasteiger partial charge in [0.25, 0.3) is 11.6 Å². The third-order valence-corrected chi connectivity index (χ3v) is 4.25. The zero-order chi connectivity index (χ0) is 17.6. The average molecular weight is 348 g/mol. The summed E-state index contributed by atoms with van der Waals surface area (Å²) in [6, 6.07) is 7.40. The topological polar surface area (TPSA) is 59.2 Å². The molecule has 4 rings (SSSR count). The summed E-state index contributed by atoms with van der Waals surface area (Å²) in [7, 11) is 0. The van der Waals surface area contributed by atoms with E-state index in [1.165, 1.54) is 4.52 Å². The maximum Gasteiger partial charge on any atom is 0.453 e. The first-order chi connectivity index (χ1) is 11.9. The second-order valence-electron chi connectivity index (χ2n) is 6.01. The van der Waals surface area contributed by atoms with Crippen LogP contribution in [0.25, 0.3) is 5.78 Å². The van der Waals surface area contributed by atoms with Crippen LogP contribution in [-0.4, -0.2) is 31.1 Å². The van der Waals surface area contributed by atoms with Crippen LogP contribution in [0.4, 0.5) is 19.0 Å². The smallest absolute Gasteiger partial charge is 0.348 e. The van der Waals surface area contributed by atoms with Gasteiger partial charge in [0.2, 0.25) is 0 Å². The lowest BCUT2D eigenvalue weighted by molar-refractivity contribution is -0.144. The van der Waals surface area contributed by atoms with Crippen LogP contribution in [0.3, 0.4) is 0 Å². The number of fused-ring (bicyclic) bond motifs is 1. The number of hydrogen-bond acceptors (Lipinski definition) is 5. The minimum atomic E-state index is -4.61. The highest BCUT2D eigenvalue weighted by molar-refractivity contribution is 5.50. The number of nitrogens with zero attached hydrogens (tertiary/aromatic N) is 6. The van der Waals surface area contributed by atoms with Gasteiger partial charge in [-0.15, -0.1) is 5.10 Å². The Bertz CT molecular complexity index is 905. The first-order valence-corrected chi connectivity index (χ1v) is 7.92. The summed E-state index contributed by atoms with van der Waals surface area (Å²) in [5.41, 5.74) is 1.48. The van der Waals surface area contributed by atoms with Crippen LogP contribution < -0.4 is 4.90 Å². The summed E-state index contributed by atoms with van der Waals surface area (Å²) in [4.78, 5) is 14.1. The van der Waals surface area contributed by atoms with Crippen LogP contribution in [0.5, 0.6) is 0 Å². The second kappa shape index (κ2) is 5.68. The van der Waals surface area contributed by atoms with Crippen molar-refractivity contribution in [2.75, 3.05) is 11.4 Å². The number of alkyl halides is 3. The molecule has 0 aromatic carbocycles. The van der Waals surface area contributed by atoms with E-state index in [4.69, 9.17) is 0 Å². The predicted octanol–water partition coefficient (Wildman–Crippen LogP) is 3.19. The molecule has 1 atom stereocenters. The van der Waals surface area contributed by atoms with Gasteiger partial charge in [-0.05, 0) is 31.9 Å². The lowest BCUT2D eigenvalue weighted by Gasteiger charge is -2.26. The molecular formula is C16H15F3N6. The molecule has 3 aromatic heterocycles. The average Bonchev–Trinajstić information content (AvgIpc) is 3.21. The van der Waals surface area contributed by atoms with Crippen LogP contribution in [-0.2, 0) is 6.18 Å². The zero-order valence-electron chi connectivity index (χ0n) is 13.4. The van der Waals surface area contributed by atoms with E-state index in [0.717, 1.165) is 18.5 Å². The van der Waals surface area contributed by atoms with Crippen LogP contribution in [0.1, 0.15) is 36.1 Å². The third-order valence-electron chi connectivity index (χ3n) is 4.25. The fraction of sp³-hybridized carbons (Fsp3) is 0.375. The zero-order valence-corrected chi connectivity index (χ0v) is 13.4. The van der Waals surface area contributed by atoms with E-state index in [0.29, 0.717) is 18.1 Å². The number of halogens is 3. The van der Waals surface area contributed by atoms with E-state index < -0.39 is 12.0 Å². The predicted molar refractivity (Wildman–Crippen MR) is 84.1 cm³/mol. The lowest BCUT2D eigenvalue weighted by Crippen LogP contribution is -2.26. The Hall–Kier alpha value is -2.71. The fourth-order valence-electron chi connectivity index (χ4n) is 3.21. The van der Waals surface area contributed by atoms with Gasteiger partial charge in [-0.3, -0.25) is 4.98 Å². The molecular weight excluding hydrogens is 333 g/mol. The van der Waals surface area contributed by atoms with Crippen molar-refractivity contribution in [1.29, 1.82) is 0 Å². The maximum atomic E-state index is 13.0. The Kier molecular flexibility index (Phi) is 3.59. The number of anilines is 1. The quantitative estimate of drug-likeness (QED) is 0.712. The second-order valence-corrected chi connectivity index (χ2v) is 6.01.